The molecule has 128 valence electrons. The van der Waals surface area contributed by atoms with Gasteiger partial charge in [-0.3, -0.25) is 4.79 Å². The first-order valence-corrected chi connectivity index (χ1v) is 9.96. The number of hydrogen-bond acceptors (Lipinski definition) is 3. The zero-order chi connectivity index (χ0) is 16.4. The third kappa shape index (κ3) is 3.48. The summed E-state index contributed by atoms with van der Waals surface area (Å²) in [5.41, 5.74) is 1.54. The number of thiophene rings is 1. The normalized spacial score (nSPS) is 24.4. The van der Waals surface area contributed by atoms with E-state index in [1.54, 1.807) is 11.3 Å². The van der Waals surface area contributed by atoms with Gasteiger partial charge in [-0.15, -0.1) is 11.3 Å². The van der Waals surface area contributed by atoms with Crippen molar-refractivity contribution in [2.45, 2.75) is 58.9 Å². The Morgan fingerprint density at radius 1 is 1.39 bits per heavy atom. The van der Waals surface area contributed by atoms with Gasteiger partial charge in [0.2, 0.25) is 0 Å². The van der Waals surface area contributed by atoms with Crippen LogP contribution in [-0.2, 0) is 0 Å². The third-order valence-corrected chi connectivity index (χ3v) is 7.01. The first kappa shape index (κ1) is 17.0. The van der Waals surface area contributed by atoms with E-state index in [1.807, 2.05) is 18.4 Å². The minimum absolute atomic E-state index is 0.117. The highest BCUT2D eigenvalue weighted by molar-refractivity contribution is 7.12. The molecule has 1 saturated carbocycles. The Balaban J connectivity index is 1.67. The van der Waals surface area contributed by atoms with Crippen molar-refractivity contribution >= 4 is 17.2 Å². The molecule has 1 atom stereocenters. The topological polar surface area (TPSA) is 32.3 Å². The molecule has 3 rings (SSSR count). The Labute approximate surface area is 144 Å². The fourth-order valence-electron chi connectivity index (χ4n) is 4.47. The van der Waals surface area contributed by atoms with Gasteiger partial charge in [-0.1, -0.05) is 19.3 Å². The van der Waals surface area contributed by atoms with Crippen LogP contribution < -0.4 is 5.32 Å². The smallest absolute Gasteiger partial charge is 0.261 e. The fraction of sp³-hybridized carbons (Fsp3) is 0.737. The Kier molecular flexibility index (Phi) is 5.12. The van der Waals surface area contributed by atoms with Crippen LogP contribution in [0.15, 0.2) is 11.4 Å². The molecule has 3 nitrogen and oxygen atoms in total. The molecule has 1 spiro atoms. The van der Waals surface area contributed by atoms with Crippen LogP contribution in [0.3, 0.4) is 0 Å². The maximum atomic E-state index is 12.5. The van der Waals surface area contributed by atoms with Crippen LogP contribution in [0.5, 0.6) is 0 Å². The zero-order valence-electron chi connectivity index (χ0n) is 14.7. The van der Waals surface area contributed by atoms with E-state index in [0.717, 1.165) is 23.5 Å². The van der Waals surface area contributed by atoms with Crippen LogP contribution in [0.1, 0.15) is 61.2 Å². The predicted molar refractivity (Wildman–Crippen MR) is 97.1 cm³/mol. The third-order valence-electron chi connectivity index (χ3n) is 6.00. The van der Waals surface area contributed by atoms with Crippen molar-refractivity contribution in [3.8, 4) is 0 Å². The number of carbonyl (C=O) groups is 1. The molecule has 1 aliphatic heterocycles. The Bertz CT molecular complexity index is 545. The number of amides is 1. The van der Waals surface area contributed by atoms with Gasteiger partial charge in [0, 0.05) is 25.7 Å². The SMILES string of the molecule is Cc1ccsc1C(=O)NCC1CN(C(C)C)CC12CCCCC2. The van der Waals surface area contributed by atoms with E-state index in [2.05, 4.69) is 24.1 Å². The van der Waals surface area contributed by atoms with Gasteiger partial charge >= 0.3 is 0 Å². The van der Waals surface area contributed by atoms with E-state index >= 15 is 0 Å². The average molecular weight is 335 g/mol. The van der Waals surface area contributed by atoms with E-state index in [0.29, 0.717) is 17.4 Å². The fourth-order valence-corrected chi connectivity index (χ4v) is 5.31. The quantitative estimate of drug-likeness (QED) is 0.900. The largest absolute Gasteiger partial charge is 0.351 e. The van der Waals surface area contributed by atoms with Crippen molar-refractivity contribution in [3.05, 3.63) is 21.9 Å². The number of rotatable bonds is 4. The van der Waals surface area contributed by atoms with Gasteiger partial charge in [-0.05, 0) is 62.0 Å². The number of likely N-dealkylation sites (tertiary alicyclic amines) is 1. The molecule has 1 aliphatic carbocycles. The molecule has 1 N–H and O–H groups in total. The first-order valence-electron chi connectivity index (χ1n) is 9.08. The summed E-state index contributed by atoms with van der Waals surface area (Å²) >= 11 is 1.55. The number of carbonyl (C=O) groups excluding carboxylic acids is 1. The van der Waals surface area contributed by atoms with Gasteiger partial charge in [-0.25, -0.2) is 0 Å². The minimum atomic E-state index is 0.117. The summed E-state index contributed by atoms with van der Waals surface area (Å²) in [4.78, 5) is 16.0. The lowest BCUT2D eigenvalue weighted by Gasteiger charge is -2.38. The Morgan fingerprint density at radius 2 is 2.13 bits per heavy atom. The van der Waals surface area contributed by atoms with Crippen LogP contribution in [0.4, 0.5) is 0 Å². The Morgan fingerprint density at radius 3 is 2.74 bits per heavy atom. The Hall–Kier alpha value is -0.870. The van der Waals surface area contributed by atoms with Crippen LogP contribution in [-0.4, -0.2) is 36.5 Å². The molecule has 2 heterocycles. The molecule has 1 aromatic rings. The van der Waals surface area contributed by atoms with Gasteiger partial charge in [-0.2, -0.15) is 0 Å². The van der Waals surface area contributed by atoms with Crippen LogP contribution >= 0.6 is 11.3 Å². The summed E-state index contributed by atoms with van der Waals surface area (Å²) in [6, 6.07) is 2.63. The molecule has 1 unspecified atom stereocenters. The van der Waals surface area contributed by atoms with Gasteiger partial charge < -0.3 is 10.2 Å². The van der Waals surface area contributed by atoms with Gasteiger partial charge in [0.15, 0.2) is 0 Å². The molecule has 4 heteroatoms. The molecule has 2 fully saturated rings. The van der Waals surface area contributed by atoms with E-state index in [1.165, 1.54) is 38.6 Å². The van der Waals surface area contributed by atoms with Gasteiger partial charge in [0.25, 0.3) is 5.91 Å². The first-order chi connectivity index (χ1) is 11.0. The highest BCUT2D eigenvalue weighted by Crippen LogP contribution is 2.47. The second-order valence-corrected chi connectivity index (χ2v) is 8.70. The van der Waals surface area contributed by atoms with Crippen molar-refractivity contribution in [1.29, 1.82) is 0 Å². The lowest BCUT2D eigenvalue weighted by Crippen LogP contribution is -2.40. The lowest BCUT2D eigenvalue weighted by molar-refractivity contribution is 0.0919. The monoisotopic (exact) mass is 334 g/mol. The van der Waals surface area contributed by atoms with Crippen molar-refractivity contribution in [2.75, 3.05) is 19.6 Å². The average Bonchev–Trinajstić information content (AvgIpc) is 3.10. The summed E-state index contributed by atoms with van der Waals surface area (Å²) < 4.78 is 0. The highest BCUT2D eigenvalue weighted by Gasteiger charge is 2.47. The van der Waals surface area contributed by atoms with Gasteiger partial charge in [0.05, 0.1) is 4.88 Å². The molecule has 1 saturated heterocycles. The van der Waals surface area contributed by atoms with E-state index < -0.39 is 0 Å². The van der Waals surface area contributed by atoms with Crippen LogP contribution in [0.25, 0.3) is 0 Å². The summed E-state index contributed by atoms with van der Waals surface area (Å²) in [6.45, 7) is 9.81. The summed E-state index contributed by atoms with van der Waals surface area (Å²) in [6.07, 6.45) is 6.79. The number of aryl methyl sites for hydroxylation is 1. The summed E-state index contributed by atoms with van der Waals surface area (Å²) in [5.74, 6) is 0.723. The van der Waals surface area contributed by atoms with Crippen molar-refractivity contribution in [3.63, 3.8) is 0 Å². The predicted octanol–water partition coefficient (Wildman–Crippen LogP) is 4.08. The second-order valence-electron chi connectivity index (χ2n) is 7.79. The molecule has 1 amide bonds. The molecule has 0 bridgehead atoms. The van der Waals surface area contributed by atoms with E-state index in [9.17, 15) is 4.79 Å². The summed E-state index contributed by atoms with van der Waals surface area (Å²) in [5, 5.41) is 5.25. The minimum Gasteiger partial charge on any atom is -0.351 e. The standard InChI is InChI=1S/C19H30N2OS/c1-14(2)21-12-16(19(13-21)8-5-4-6-9-19)11-20-18(22)17-15(3)7-10-23-17/h7,10,14,16H,4-6,8-9,11-13H2,1-3H3,(H,20,22). The van der Waals surface area contributed by atoms with Crippen molar-refractivity contribution in [2.24, 2.45) is 11.3 Å². The summed E-state index contributed by atoms with van der Waals surface area (Å²) in [7, 11) is 0. The molecule has 1 aromatic heterocycles. The van der Waals surface area contributed by atoms with Gasteiger partial charge in [0.1, 0.15) is 0 Å². The maximum absolute atomic E-state index is 12.5. The number of nitrogens with zero attached hydrogens (tertiary/aromatic N) is 1. The van der Waals surface area contributed by atoms with Crippen LogP contribution in [0, 0.1) is 18.3 Å². The lowest BCUT2D eigenvalue weighted by atomic mass is 9.67. The molecule has 0 radical (unpaired) electrons. The van der Waals surface area contributed by atoms with E-state index in [-0.39, 0.29) is 5.91 Å². The van der Waals surface area contributed by atoms with Crippen molar-refractivity contribution in [1.82, 2.24) is 10.2 Å². The molecular formula is C19H30N2OS. The second kappa shape index (κ2) is 6.94. The number of hydrogen-bond donors (Lipinski definition) is 1. The zero-order valence-corrected chi connectivity index (χ0v) is 15.5. The number of nitrogens with one attached hydrogen (secondary N) is 1. The molecular weight excluding hydrogens is 304 g/mol. The molecule has 2 aliphatic rings. The molecule has 0 aromatic carbocycles. The van der Waals surface area contributed by atoms with Crippen LogP contribution in [0.2, 0.25) is 0 Å². The highest BCUT2D eigenvalue weighted by atomic mass is 32.1. The van der Waals surface area contributed by atoms with E-state index in [4.69, 9.17) is 0 Å². The molecule has 23 heavy (non-hydrogen) atoms. The van der Waals surface area contributed by atoms with Crippen molar-refractivity contribution < 1.29 is 4.79 Å². The maximum Gasteiger partial charge on any atom is 0.261 e.